The van der Waals surface area contributed by atoms with Gasteiger partial charge in [-0.2, -0.15) is 0 Å². The Hall–Kier alpha value is -3.28. The number of carbonyl (C=O) groups excluding carboxylic acids is 4. The summed E-state index contributed by atoms with van der Waals surface area (Å²) in [5, 5.41) is 0. The Balaban J connectivity index is 1.67. The maximum absolute atomic E-state index is 12.3. The molecule has 6 heteroatoms. The second-order valence-corrected chi connectivity index (χ2v) is 10.4. The molecule has 0 amide bonds. The van der Waals surface area contributed by atoms with Crippen LogP contribution in [0.5, 0.6) is 0 Å². The van der Waals surface area contributed by atoms with Crippen LogP contribution in [0.2, 0.25) is 0 Å². The Morgan fingerprint density at radius 2 is 0.839 bits per heavy atom. The summed E-state index contributed by atoms with van der Waals surface area (Å²) in [5.41, 5.74) is 4.27. The van der Waals surface area contributed by atoms with Gasteiger partial charge in [0, 0.05) is 5.41 Å². The number of hydrogen-bond acceptors (Lipinski definition) is 6. The van der Waals surface area contributed by atoms with Crippen molar-refractivity contribution in [1.29, 1.82) is 0 Å². The largest absolute Gasteiger partial charge is 0.386 e. The average molecular weight is 416 g/mol. The van der Waals surface area contributed by atoms with Crippen LogP contribution >= 0.6 is 0 Å². The highest BCUT2D eigenvalue weighted by Gasteiger charge is 2.57. The monoisotopic (exact) mass is 416 g/mol. The molecule has 2 heterocycles. The van der Waals surface area contributed by atoms with Gasteiger partial charge in [-0.15, -0.1) is 0 Å². The maximum Gasteiger partial charge on any atom is 0.346 e. The summed E-state index contributed by atoms with van der Waals surface area (Å²) in [7, 11) is 0. The summed E-state index contributed by atoms with van der Waals surface area (Å²) in [6.45, 7) is 8.52. The number of fused-ring (bicyclic) bond motifs is 6. The van der Waals surface area contributed by atoms with Gasteiger partial charge in [-0.1, -0.05) is 27.7 Å². The van der Waals surface area contributed by atoms with Crippen LogP contribution in [0.3, 0.4) is 0 Å². The van der Waals surface area contributed by atoms with Crippen molar-refractivity contribution in [2.24, 2.45) is 0 Å². The minimum absolute atomic E-state index is 0.261. The molecule has 0 unspecified atom stereocenters. The summed E-state index contributed by atoms with van der Waals surface area (Å²) in [4.78, 5) is 48.9. The molecule has 6 rings (SSSR count). The minimum atomic E-state index is -0.622. The molecule has 0 bridgehead atoms. The zero-order valence-electron chi connectivity index (χ0n) is 17.7. The van der Waals surface area contributed by atoms with Gasteiger partial charge in [0.1, 0.15) is 0 Å². The molecule has 2 aromatic carbocycles. The lowest BCUT2D eigenvalue weighted by Gasteiger charge is -2.30. The second-order valence-electron chi connectivity index (χ2n) is 10.4. The van der Waals surface area contributed by atoms with Gasteiger partial charge in [0.25, 0.3) is 0 Å². The number of rotatable bonds is 0. The maximum atomic E-state index is 12.3. The summed E-state index contributed by atoms with van der Waals surface area (Å²) < 4.78 is 9.70. The van der Waals surface area contributed by atoms with Gasteiger partial charge in [0.05, 0.1) is 22.3 Å². The van der Waals surface area contributed by atoms with E-state index in [1.807, 2.05) is 24.3 Å². The molecular formula is C25H20O6. The van der Waals surface area contributed by atoms with Crippen molar-refractivity contribution in [3.05, 3.63) is 68.8 Å². The van der Waals surface area contributed by atoms with E-state index >= 15 is 0 Å². The molecule has 0 saturated carbocycles. The summed E-state index contributed by atoms with van der Waals surface area (Å²) in [5.74, 6) is -2.46. The Kier molecular flexibility index (Phi) is 3.06. The molecule has 0 saturated heterocycles. The summed E-state index contributed by atoms with van der Waals surface area (Å²) >= 11 is 0. The lowest BCUT2D eigenvalue weighted by Crippen LogP contribution is -2.27. The molecule has 31 heavy (non-hydrogen) atoms. The fraction of sp³-hybridized carbons (Fsp3) is 0.360. The zero-order chi connectivity index (χ0) is 22.1. The Morgan fingerprint density at radius 3 is 1.16 bits per heavy atom. The van der Waals surface area contributed by atoms with Gasteiger partial charge in [-0.3, -0.25) is 0 Å². The third-order valence-corrected chi connectivity index (χ3v) is 7.54. The minimum Gasteiger partial charge on any atom is -0.386 e. The Bertz CT molecular complexity index is 1210. The zero-order valence-corrected chi connectivity index (χ0v) is 17.7. The van der Waals surface area contributed by atoms with Crippen molar-refractivity contribution < 1.29 is 28.7 Å². The molecule has 1 spiro atoms. The molecule has 0 atom stereocenters. The van der Waals surface area contributed by atoms with Gasteiger partial charge >= 0.3 is 23.9 Å². The van der Waals surface area contributed by atoms with Crippen LogP contribution in [0.4, 0.5) is 0 Å². The van der Waals surface area contributed by atoms with Crippen molar-refractivity contribution >= 4 is 23.9 Å². The molecule has 2 aromatic rings. The van der Waals surface area contributed by atoms with Gasteiger partial charge in [0.15, 0.2) is 0 Å². The predicted molar refractivity (Wildman–Crippen MR) is 108 cm³/mol. The van der Waals surface area contributed by atoms with E-state index in [0.717, 1.165) is 35.1 Å². The van der Waals surface area contributed by atoms with Crippen LogP contribution in [0.25, 0.3) is 0 Å². The summed E-state index contributed by atoms with van der Waals surface area (Å²) in [6, 6.07) is 7.24. The molecule has 0 fully saturated rings. The van der Waals surface area contributed by atoms with E-state index in [2.05, 4.69) is 27.7 Å². The molecular weight excluding hydrogens is 396 g/mol. The van der Waals surface area contributed by atoms with Gasteiger partial charge in [-0.25, -0.2) is 19.2 Å². The number of ether oxygens (including phenoxy) is 2. The van der Waals surface area contributed by atoms with E-state index in [-0.39, 0.29) is 10.8 Å². The topological polar surface area (TPSA) is 86.7 Å². The smallest absolute Gasteiger partial charge is 0.346 e. The molecule has 4 aliphatic rings. The lowest BCUT2D eigenvalue weighted by atomic mass is 9.72. The van der Waals surface area contributed by atoms with Crippen molar-refractivity contribution in [3.8, 4) is 0 Å². The average Bonchev–Trinajstić information content (AvgIpc) is 3.28. The quantitative estimate of drug-likeness (QED) is 0.477. The second kappa shape index (κ2) is 5.13. The van der Waals surface area contributed by atoms with Crippen molar-refractivity contribution in [2.45, 2.75) is 56.8 Å². The first-order chi connectivity index (χ1) is 14.4. The SMILES string of the molecule is CC1(C)CC2(CC(C)(C)c3cc4c(cc32)C(=O)OC4=O)c2cc3c(cc21)C(=O)OC3=O. The summed E-state index contributed by atoms with van der Waals surface area (Å²) in [6.07, 6.45) is 1.53. The third-order valence-electron chi connectivity index (χ3n) is 7.54. The van der Waals surface area contributed by atoms with Crippen molar-refractivity contribution in [1.82, 2.24) is 0 Å². The van der Waals surface area contributed by atoms with Crippen LogP contribution in [0, 0.1) is 0 Å². The number of carbonyl (C=O) groups is 4. The van der Waals surface area contributed by atoms with Crippen LogP contribution in [-0.2, 0) is 25.7 Å². The molecule has 2 aliphatic heterocycles. The molecule has 6 nitrogen and oxygen atoms in total. The van der Waals surface area contributed by atoms with Gasteiger partial charge in [0.2, 0.25) is 0 Å². The fourth-order valence-electron chi connectivity index (χ4n) is 6.46. The number of benzene rings is 2. The van der Waals surface area contributed by atoms with E-state index in [1.54, 1.807) is 0 Å². The normalized spacial score (nSPS) is 22.8. The fourth-order valence-corrected chi connectivity index (χ4v) is 6.46. The number of cyclic esters (lactones) is 4. The molecule has 156 valence electrons. The number of hydrogen-bond donors (Lipinski definition) is 0. The first-order valence-electron chi connectivity index (χ1n) is 10.4. The Morgan fingerprint density at radius 1 is 0.548 bits per heavy atom. The van der Waals surface area contributed by atoms with E-state index < -0.39 is 29.3 Å². The van der Waals surface area contributed by atoms with E-state index in [0.29, 0.717) is 22.3 Å². The highest BCUT2D eigenvalue weighted by molar-refractivity contribution is 6.16. The molecule has 0 aromatic heterocycles. The highest BCUT2D eigenvalue weighted by Crippen LogP contribution is 2.63. The van der Waals surface area contributed by atoms with Crippen molar-refractivity contribution in [2.75, 3.05) is 0 Å². The van der Waals surface area contributed by atoms with Crippen LogP contribution in [-0.4, -0.2) is 23.9 Å². The standard InChI is InChI=1S/C25H20O6/c1-23(2)9-25(17-7-13-11(5-15(17)23)19(26)30-21(13)28)10-24(3,4)16-6-12-14(8-18(16)25)22(29)31-20(12)27/h5-8H,9-10H2,1-4H3. The van der Waals surface area contributed by atoms with Gasteiger partial charge < -0.3 is 9.47 Å². The van der Waals surface area contributed by atoms with Crippen LogP contribution in [0.15, 0.2) is 24.3 Å². The first kappa shape index (κ1) is 18.5. The third kappa shape index (κ3) is 2.07. The highest BCUT2D eigenvalue weighted by atomic mass is 16.6. The van der Waals surface area contributed by atoms with Crippen LogP contribution in [0.1, 0.15) is 104 Å². The van der Waals surface area contributed by atoms with Crippen LogP contribution < -0.4 is 0 Å². The molecule has 2 aliphatic carbocycles. The Labute approximate surface area is 178 Å². The van der Waals surface area contributed by atoms with E-state index in [1.165, 1.54) is 0 Å². The predicted octanol–water partition coefficient (Wildman–Crippen LogP) is 3.96. The first-order valence-corrected chi connectivity index (χ1v) is 10.4. The van der Waals surface area contributed by atoms with Crippen molar-refractivity contribution in [3.63, 3.8) is 0 Å². The van der Waals surface area contributed by atoms with E-state index in [4.69, 9.17) is 9.47 Å². The van der Waals surface area contributed by atoms with Gasteiger partial charge in [-0.05, 0) is 70.2 Å². The molecule has 0 radical (unpaired) electrons. The lowest BCUT2D eigenvalue weighted by molar-refractivity contribution is 0.0425. The number of esters is 4. The molecule has 0 N–H and O–H groups in total. The van der Waals surface area contributed by atoms with E-state index in [9.17, 15) is 19.2 Å².